The molecule has 0 spiro atoms. The number of carbonyl (C=O) groups is 1. The second kappa shape index (κ2) is 7.83. The van der Waals surface area contributed by atoms with Crippen molar-refractivity contribution in [3.05, 3.63) is 58.1 Å². The minimum absolute atomic E-state index is 0.240. The van der Waals surface area contributed by atoms with E-state index in [1.165, 1.54) is 17.8 Å². The lowest BCUT2D eigenvalue weighted by Crippen LogP contribution is -2.43. The van der Waals surface area contributed by atoms with Gasteiger partial charge in [-0.25, -0.2) is 9.37 Å². The molecule has 4 rings (SSSR count). The van der Waals surface area contributed by atoms with Crippen molar-refractivity contribution in [2.45, 2.75) is 31.2 Å². The normalized spacial score (nSPS) is 24.2. The number of nitrogens with two attached hydrogens (primary N) is 1. The summed E-state index contributed by atoms with van der Waals surface area (Å²) in [5.74, 6) is 0.410. The molecule has 0 radical (unpaired) electrons. The van der Waals surface area contributed by atoms with Crippen LogP contribution in [-0.4, -0.2) is 21.8 Å². The number of amidine groups is 1. The van der Waals surface area contributed by atoms with Crippen molar-refractivity contribution in [1.29, 1.82) is 0 Å². The minimum atomic E-state index is -0.649. The van der Waals surface area contributed by atoms with Gasteiger partial charge in [0.25, 0.3) is 5.91 Å². The smallest absolute Gasteiger partial charge is 0.275 e. The lowest BCUT2D eigenvalue weighted by molar-refractivity contribution is 0.102. The molecule has 2 unspecified atom stereocenters. The number of fused-ring (bicyclic) bond motifs is 1. The van der Waals surface area contributed by atoms with E-state index in [0.29, 0.717) is 20.9 Å². The minimum Gasteiger partial charge on any atom is -0.379 e. The standard InChI is InChI=1S/C20H20BrFN4OS/c21-15-5-3-9-24-17(15)18(27)25-13-6-7-16(22)14(10-13)20-8-2-1-4-12(20)11-28-19(23)26-20/h3,5-7,9-10,12H,1-2,4,8,11H2,(H2,23,26)(H,25,27). The van der Waals surface area contributed by atoms with Crippen LogP contribution in [-0.2, 0) is 5.54 Å². The molecule has 2 heterocycles. The predicted molar refractivity (Wildman–Crippen MR) is 114 cm³/mol. The Hall–Kier alpha value is -1.93. The summed E-state index contributed by atoms with van der Waals surface area (Å²) in [6.45, 7) is 0. The zero-order chi connectivity index (χ0) is 19.7. The third-order valence-electron chi connectivity index (χ3n) is 5.44. The molecule has 1 aliphatic heterocycles. The van der Waals surface area contributed by atoms with Gasteiger partial charge in [0.2, 0.25) is 0 Å². The third kappa shape index (κ3) is 3.55. The number of aliphatic imine (C=N–C) groups is 1. The van der Waals surface area contributed by atoms with Crippen LogP contribution in [0.25, 0.3) is 0 Å². The Bertz CT molecular complexity index is 954. The van der Waals surface area contributed by atoms with Gasteiger partial charge < -0.3 is 11.1 Å². The summed E-state index contributed by atoms with van der Waals surface area (Å²) in [6.07, 6.45) is 5.42. The highest BCUT2D eigenvalue weighted by Gasteiger charge is 2.46. The Balaban J connectivity index is 1.70. The molecule has 3 N–H and O–H groups in total. The van der Waals surface area contributed by atoms with E-state index in [9.17, 15) is 9.18 Å². The number of benzene rings is 1. The molecule has 1 amide bonds. The summed E-state index contributed by atoms with van der Waals surface area (Å²) in [6, 6.07) is 8.15. The van der Waals surface area contributed by atoms with Crippen molar-refractivity contribution in [3.63, 3.8) is 0 Å². The van der Waals surface area contributed by atoms with Gasteiger partial charge in [-0.15, -0.1) is 0 Å². The quantitative estimate of drug-likeness (QED) is 0.693. The maximum Gasteiger partial charge on any atom is 0.275 e. The first-order valence-electron chi connectivity index (χ1n) is 9.19. The summed E-state index contributed by atoms with van der Waals surface area (Å²) >= 11 is 4.87. The van der Waals surface area contributed by atoms with Gasteiger partial charge in [0, 0.05) is 27.7 Å². The fraction of sp³-hybridized carbons (Fsp3) is 0.350. The zero-order valence-corrected chi connectivity index (χ0v) is 17.5. The van der Waals surface area contributed by atoms with Gasteiger partial charge in [-0.05, 0) is 65.0 Å². The molecule has 2 aromatic rings. The van der Waals surface area contributed by atoms with Crippen molar-refractivity contribution in [2.24, 2.45) is 16.6 Å². The van der Waals surface area contributed by atoms with Crippen LogP contribution >= 0.6 is 27.7 Å². The number of anilines is 1. The monoisotopic (exact) mass is 462 g/mol. The fourth-order valence-corrected chi connectivity index (χ4v) is 5.58. The molecule has 2 atom stereocenters. The van der Waals surface area contributed by atoms with Crippen LogP contribution in [0.1, 0.15) is 41.7 Å². The van der Waals surface area contributed by atoms with E-state index >= 15 is 0 Å². The van der Waals surface area contributed by atoms with E-state index in [4.69, 9.17) is 10.7 Å². The second-order valence-electron chi connectivity index (χ2n) is 7.11. The lowest BCUT2D eigenvalue weighted by Gasteiger charge is -2.44. The van der Waals surface area contributed by atoms with Crippen molar-refractivity contribution < 1.29 is 9.18 Å². The summed E-state index contributed by atoms with van der Waals surface area (Å²) in [5, 5.41) is 3.33. The van der Waals surface area contributed by atoms with Crippen LogP contribution in [0.4, 0.5) is 10.1 Å². The molecule has 5 nitrogen and oxygen atoms in total. The molecular formula is C20H20BrFN4OS. The second-order valence-corrected chi connectivity index (χ2v) is 9.01. The first kappa shape index (κ1) is 19.4. The van der Waals surface area contributed by atoms with E-state index in [1.807, 2.05) is 0 Å². The van der Waals surface area contributed by atoms with E-state index < -0.39 is 5.54 Å². The van der Waals surface area contributed by atoms with Gasteiger partial charge in [-0.1, -0.05) is 24.6 Å². The molecule has 1 saturated carbocycles. The Morgan fingerprint density at radius 1 is 1.36 bits per heavy atom. The van der Waals surface area contributed by atoms with Gasteiger partial charge in [0.05, 0.1) is 5.54 Å². The van der Waals surface area contributed by atoms with Crippen molar-refractivity contribution in [3.8, 4) is 0 Å². The maximum absolute atomic E-state index is 14.9. The van der Waals surface area contributed by atoms with Crippen LogP contribution in [0.2, 0.25) is 0 Å². The van der Waals surface area contributed by atoms with Crippen molar-refractivity contribution in [2.75, 3.05) is 11.1 Å². The van der Waals surface area contributed by atoms with Gasteiger partial charge in [0.15, 0.2) is 5.17 Å². The number of hydrogen-bond acceptors (Lipinski definition) is 5. The summed E-state index contributed by atoms with van der Waals surface area (Å²) in [4.78, 5) is 21.4. The summed E-state index contributed by atoms with van der Waals surface area (Å²) in [7, 11) is 0. The molecule has 0 bridgehead atoms. The third-order valence-corrected chi connectivity index (χ3v) is 7.04. The molecule has 1 aliphatic carbocycles. The average Bonchev–Trinajstić information content (AvgIpc) is 2.69. The number of amides is 1. The van der Waals surface area contributed by atoms with Crippen molar-refractivity contribution in [1.82, 2.24) is 4.98 Å². The first-order chi connectivity index (χ1) is 13.5. The predicted octanol–water partition coefficient (Wildman–Crippen LogP) is 4.68. The average molecular weight is 463 g/mol. The summed E-state index contributed by atoms with van der Waals surface area (Å²) in [5.41, 5.74) is 6.69. The topological polar surface area (TPSA) is 80.4 Å². The van der Waals surface area contributed by atoms with Gasteiger partial charge >= 0.3 is 0 Å². The van der Waals surface area contributed by atoms with Crippen LogP contribution in [0.15, 0.2) is 46.0 Å². The Morgan fingerprint density at radius 3 is 3.04 bits per heavy atom. The van der Waals surface area contributed by atoms with Crippen LogP contribution in [0, 0.1) is 11.7 Å². The van der Waals surface area contributed by atoms with Gasteiger partial charge in [-0.2, -0.15) is 0 Å². The molecule has 8 heteroatoms. The Kier molecular flexibility index (Phi) is 5.42. The number of thioether (sulfide) groups is 1. The van der Waals surface area contributed by atoms with E-state index in [1.54, 1.807) is 30.5 Å². The summed E-state index contributed by atoms with van der Waals surface area (Å²) < 4.78 is 15.5. The molecule has 28 heavy (non-hydrogen) atoms. The largest absolute Gasteiger partial charge is 0.379 e. The van der Waals surface area contributed by atoms with E-state index in [0.717, 1.165) is 31.4 Å². The maximum atomic E-state index is 14.9. The molecule has 0 saturated heterocycles. The molecule has 2 aliphatic rings. The highest BCUT2D eigenvalue weighted by Crippen LogP contribution is 2.50. The van der Waals surface area contributed by atoms with Crippen molar-refractivity contribution >= 4 is 44.5 Å². The number of halogens is 2. The van der Waals surface area contributed by atoms with Gasteiger partial charge in [-0.3, -0.25) is 9.79 Å². The Labute approximate surface area is 175 Å². The number of rotatable bonds is 3. The van der Waals surface area contributed by atoms with E-state index in [2.05, 4.69) is 26.2 Å². The molecule has 1 fully saturated rings. The number of aromatic nitrogens is 1. The van der Waals surface area contributed by atoms with E-state index in [-0.39, 0.29) is 23.3 Å². The van der Waals surface area contributed by atoms with Crippen LogP contribution < -0.4 is 11.1 Å². The zero-order valence-electron chi connectivity index (χ0n) is 15.1. The molecule has 146 valence electrons. The molecular weight excluding hydrogens is 443 g/mol. The first-order valence-corrected chi connectivity index (χ1v) is 11.0. The SMILES string of the molecule is NC1=NC2(c3cc(NC(=O)c4ncccc4Br)ccc3F)CCCCC2CS1. The van der Waals surface area contributed by atoms with Gasteiger partial charge in [0.1, 0.15) is 11.5 Å². The lowest BCUT2D eigenvalue weighted by atomic mass is 9.69. The highest BCUT2D eigenvalue weighted by molar-refractivity contribution is 9.10. The number of carbonyl (C=O) groups excluding carboxylic acids is 1. The highest BCUT2D eigenvalue weighted by atomic mass is 79.9. The number of nitrogens with one attached hydrogen (secondary N) is 1. The van der Waals surface area contributed by atoms with Crippen LogP contribution in [0.5, 0.6) is 0 Å². The Morgan fingerprint density at radius 2 is 2.21 bits per heavy atom. The number of pyridine rings is 1. The molecule has 1 aromatic carbocycles. The number of hydrogen-bond donors (Lipinski definition) is 2. The van der Waals surface area contributed by atoms with Crippen LogP contribution in [0.3, 0.4) is 0 Å². The molecule has 1 aromatic heterocycles. The fourth-order valence-electron chi connectivity index (χ4n) is 4.10. The number of nitrogens with zero attached hydrogens (tertiary/aromatic N) is 2.